The third-order valence-electron chi connectivity index (χ3n) is 2.34. The number of benzene rings is 1. The van der Waals surface area contributed by atoms with E-state index in [1.54, 1.807) is 19.1 Å². The van der Waals surface area contributed by atoms with Gasteiger partial charge in [-0.25, -0.2) is 0 Å². The van der Waals surface area contributed by atoms with Gasteiger partial charge in [0.15, 0.2) is 0 Å². The van der Waals surface area contributed by atoms with Crippen LogP contribution in [0.1, 0.15) is 25.0 Å². The molecule has 1 rings (SSSR count). The van der Waals surface area contributed by atoms with Gasteiger partial charge in [0, 0.05) is 18.2 Å². The Morgan fingerprint density at radius 3 is 2.62 bits per heavy atom. The molecule has 0 aromatic heterocycles. The third kappa shape index (κ3) is 3.62. The fourth-order valence-corrected chi connectivity index (χ4v) is 1.54. The molecular weight excluding hydrogens is 204 g/mol. The summed E-state index contributed by atoms with van der Waals surface area (Å²) in [5, 5.41) is 13.9. The van der Waals surface area contributed by atoms with Crippen molar-refractivity contribution < 1.29 is 4.92 Å². The summed E-state index contributed by atoms with van der Waals surface area (Å²) < 4.78 is 0. The SMILES string of the molecule is Cc1cc(CNCC(C)C)ccc1[N+](=O)[O-]. The molecule has 0 saturated carbocycles. The highest BCUT2D eigenvalue weighted by Gasteiger charge is 2.09. The Kier molecular flexibility index (Phi) is 4.43. The van der Waals surface area contributed by atoms with E-state index in [1.807, 2.05) is 6.07 Å². The number of nitrogens with one attached hydrogen (secondary N) is 1. The summed E-state index contributed by atoms with van der Waals surface area (Å²) in [4.78, 5) is 10.3. The van der Waals surface area contributed by atoms with E-state index in [9.17, 15) is 10.1 Å². The van der Waals surface area contributed by atoms with Crippen molar-refractivity contribution in [2.75, 3.05) is 6.54 Å². The van der Waals surface area contributed by atoms with Crippen LogP contribution < -0.4 is 5.32 Å². The Bertz CT molecular complexity index is 375. The molecule has 0 aliphatic carbocycles. The van der Waals surface area contributed by atoms with Gasteiger partial charge in [0.1, 0.15) is 0 Å². The predicted octanol–water partition coefficient (Wildman–Crippen LogP) is 2.65. The van der Waals surface area contributed by atoms with E-state index >= 15 is 0 Å². The lowest BCUT2D eigenvalue weighted by atomic mass is 10.1. The fourth-order valence-electron chi connectivity index (χ4n) is 1.54. The first-order valence-corrected chi connectivity index (χ1v) is 5.45. The maximum Gasteiger partial charge on any atom is 0.272 e. The zero-order valence-electron chi connectivity index (χ0n) is 9.99. The lowest BCUT2D eigenvalue weighted by molar-refractivity contribution is -0.385. The molecule has 1 aromatic carbocycles. The van der Waals surface area contributed by atoms with Gasteiger partial charge in [-0.3, -0.25) is 10.1 Å². The predicted molar refractivity (Wildman–Crippen MR) is 64.4 cm³/mol. The lowest BCUT2D eigenvalue weighted by Crippen LogP contribution is -2.18. The minimum absolute atomic E-state index is 0.188. The molecule has 0 radical (unpaired) electrons. The first kappa shape index (κ1) is 12.6. The molecule has 0 amide bonds. The van der Waals surface area contributed by atoms with E-state index in [0.717, 1.165) is 18.7 Å². The van der Waals surface area contributed by atoms with Crippen molar-refractivity contribution in [2.45, 2.75) is 27.3 Å². The molecule has 0 spiro atoms. The minimum Gasteiger partial charge on any atom is -0.312 e. The first-order valence-electron chi connectivity index (χ1n) is 5.45. The summed E-state index contributed by atoms with van der Waals surface area (Å²) in [5.41, 5.74) is 1.99. The van der Waals surface area contributed by atoms with E-state index in [0.29, 0.717) is 11.5 Å². The number of nitrogens with zero attached hydrogens (tertiary/aromatic N) is 1. The van der Waals surface area contributed by atoms with Crippen molar-refractivity contribution in [3.05, 3.63) is 39.4 Å². The largest absolute Gasteiger partial charge is 0.312 e. The summed E-state index contributed by atoms with van der Waals surface area (Å²) in [6.45, 7) is 7.78. The zero-order chi connectivity index (χ0) is 12.1. The molecule has 0 unspecified atom stereocenters. The molecule has 4 heteroatoms. The standard InChI is InChI=1S/C12H18N2O2/c1-9(2)7-13-8-11-4-5-12(14(15)16)10(3)6-11/h4-6,9,13H,7-8H2,1-3H3. The minimum atomic E-state index is -0.347. The Labute approximate surface area is 95.8 Å². The van der Waals surface area contributed by atoms with Gasteiger partial charge in [-0.05, 0) is 31.0 Å². The Balaban J connectivity index is 2.63. The Morgan fingerprint density at radius 1 is 1.44 bits per heavy atom. The van der Waals surface area contributed by atoms with Crippen molar-refractivity contribution in [3.63, 3.8) is 0 Å². The van der Waals surface area contributed by atoms with Crippen molar-refractivity contribution in [1.82, 2.24) is 5.32 Å². The number of rotatable bonds is 5. The van der Waals surface area contributed by atoms with E-state index in [1.165, 1.54) is 0 Å². The average Bonchev–Trinajstić information content (AvgIpc) is 2.16. The summed E-state index contributed by atoms with van der Waals surface area (Å²) in [6.07, 6.45) is 0. The normalized spacial score (nSPS) is 10.8. The maximum absolute atomic E-state index is 10.6. The van der Waals surface area contributed by atoms with Crippen LogP contribution in [0, 0.1) is 23.0 Å². The summed E-state index contributed by atoms with van der Waals surface area (Å²) in [6, 6.07) is 5.24. The second kappa shape index (κ2) is 5.61. The highest BCUT2D eigenvalue weighted by atomic mass is 16.6. The second-order valence-corrected chi connectivity index (χ2v) is 4.40. The molecule has 0 fully saturated rings. The first-order chi connectivity index (χ1) is 7.50. The summed E-state index contributed by atoms with van der Waals surface area (Å²) in [5.74, 6) is 0.610. The topological polar surface area (TPSA) is 55.2 Å². The van der Waals surface area contributed by atoms with Crippen LogP contribution >= 0.6 is 0 Å². The van der Waals surface area contributed by atoms with E-state index < -0.39 is 0 Å². The number of aryl methyl sites for hydroxylation is 1. The number of hydrogen-bond donors (Lipinski definition) is 1. The third-order valence-corrected chi connectivity index (χ3v) is 2.34. The van der Waals surface area contributed by atoms with Gasteiger partial charge in [-0.2, -0.15) is 0 Å². The van der Waals surface area contributed by atoms with Gasteiger partial charge in [0.05, 0.1) is 4.92 Å². The van der Waals surface area contributed by atoms with E-state index in [-0.39, 0.29) is 10.6 Å². The van der Waals surface area contributed by atoms with Crippen molar-refractivity contribution in [1.29, 1.82) is 0 Å². The molecule has 0 aliphatic heterocycles. The smallest absolute Gasteiger partial charge is 0.272 e. The molecule has 0 bridgehead atoms. The monoisotopic (exact) mass is 222 g/mol. The van der Waals surface area contributed by atoms with Crippen LogP contribution in [0.25, 0.3) is 0 Å². The highest BCUT2D eigenvalue weighted by molar-refractivity contribution is 5.41. The van der Waals surface area contributed by atoms with E-state index in [2.05, 4.69) is 19.2 Å². The Hall–Kier alpha value is -1.42. The Morgan fingerprint density at radius 2 is 2.12 bits per heavy atom. The van der Waals surface area contributed by atoms with Crippen molar-refractivity contribution in [3.8, 4) is 0 Å². The molecular formula is C12H18N2O2. The number of hydrogen-bond acceptors (Lipinski definition) is 3. The van der Waals surface area contributed by atoms with Crippen LogP contribution in [0.2, 0.25) is 0 Å². The van der Waals surface area contributed by atoms with Gasteiger partial charge in [0.2, 0.25) is 0 Å². The van der Waals surface area contributed by atoms with E-state index in [4.69, 9.17) is 0 Å². The van der Waals surface area contributed by atoms with Gasteiger partial charge in [0.25, 0.3) is 5.69 Å². The van der Waals surface area contributed by atoms with Crippen molar-refractivity contribution in [2.24, 2.45) is 5.92 Å². The molecule has 88 valence electrons. The number of nitro benzene ring substituents is 1. The van der Waals surface area contributed by atoms with Gasteiger partial charge in [-0.15, -0.1) is 0 Å². The molecule has 1 aromatic rings. The molecule has 0 heterocycles. The quantitative estimate of drug-likeness (QED) is 0.615. The lowest BCUT2D eigenvalue weighted by Gasteiger charge is -2.08. The maximum atomic E-state index is 10.6. The van der Waals surface area contributed by atoms with Crippen LogP contribution in [-0.2, 0) is 6.54 Å². The van der Waals surface area contributed by atoms with Gasteiger partial charge >= 0.3 is 0 Å². The second-order valence-electron chi connectivity index (χ2n) is 4.40. The van der Waals surface area contributed by atoms with Gasteiger partial charge in [-0.1, -0.05) is 19.9 Å². The molecule has 16 heavy (non-hydrogen) atoms. The molecule has 1 N–H and O–H groups in total. The highest BCUT2D eigenvalue weighted by Crippen LogP contribution is 2.18. The molecule has 4 nitrogen and oxygen atoms in total. The van der Waals surface area contributed by atoms with Crippen LogP contribution in [0.4, 0.5) is 5.69 Å². The van der Waals surface area contributed by atoms with Gasteiger partial charge < -0.3 is 5.32 Å². The molecule has 0 saturated heterocycles. The molecule has 0 atom stereocenters. The van der Waals surface area contributed by atoms with Crippen LogP contribution in [-0.4, -0.2) is 11.5 Å². The van der Waals surface area contributed by atoms with Crippen LogP contribution in [0.3, 0.4) is 0 Å². The van der Waals surface area contributed by atoms with Crippen LogP contribution in [0.5, 0.6) is 0 Å². The average molecular weight is 222 g/mol. The van der Waals surface area contributed by atoms with Crippen molar-refractivity contribution >= 4 is 5.69 Å². The number of nitro groups is 1. The summed E-state index contributed by atoms with van der Waals surface area (Å²) >= 11 is 0. The zero-order valence-corrected chi connectivity index (χ0v) is 9.99. The van der Waals surface area contributed by atoms with Crippen LogP contribution in [0.15, 0.2) is 18.2 Å². The summed E-state index contributed by atoms with van der Waals surface area (Å²) in [7, 11) is 0. The molecule has 0 aliphatic rings. The fraction of sp³-hybridized carbons (Fsp3) is 0.500.